The van der Waals surface area contributed by atoms with Crippen LogP contribution in [-0.4, -0.2) is 119 Å². The third kappa shape index (κ3) is 10.1. The highest BCUT2D eigenvalue weighted by atomic mass is 32.2. The lowest BCUT2D eigenvalue weighted by atomic mass is 9.99. The van der Waals surface area contributed by atoms with Crippen molar-refractivity contribution in [3.8, 4) is 23.3 Å². The Hall–Kier alpha value is -7.55. The van der Waals surface area contributed by atoms with Gasteiger partial charge in [0.2, 0.25) is 23.7 Å². The summed E-state index contributed by atoms with van der Waals surface area (Å²) in [5, 5.41) is 14.7. The minimum absolute atomic E-state index is 0.0426. The number of benzene rings is 2. The smallest absolute Gasteiger partial charge is 0.281 e. The highest BCUT2D eigenvalue weighted by Crippen LogP contribution is 2.33. The van der Waals surface area contributed by atoms with Gasteiger partial charge in [-0.05, 0) is 89.8 Å². The molecule has 6 N–H and O–H groups in total. The average Bonchev–Trinajstić information content (AvgIpc) is 4.20. The first-order valence-electron chi connectivity index (χ1n) is 23.0. The number of fused-ring (bicyclic) bond motifs is 2. The summed E-state index contributed by atoms with van der Waals surface area (Å²) in [5.74, 6) is 4.75. The monoisotopic (exact) mass is 976 g/mol. The van der Waals surface area contributed by atoms with E-state index in [-0.39, 0.29) is 54.4 Å². The Kier molecular flexibility index (Phi) is 14.4. The van der Waals surface area contributed by atoms with Crippen LogP contribution in [0.25, 0.3) is 22.1 Å². The number of carbonyl (C=O) groups excluding carboxylic acids is 4. The summed E-state index contributed by atoms with van der Waals surface area (Å²) in [6.45, 7) is 10.2. The van der Waals surface area contributed by atoms with E-state index < -0.39 is 33.8 Å². The third-order valence-electron chi connectivity index (χ3n) is 12.2. The van der Waals surface area contributed by atoms with Gasteiger partial charge in [-0.1, -0.05) is 24.0 Å². The number of aryl methyl sites for hydroxylation is 4. The van der Waals surface area contributed by atoms with Gasteiger partial charge in [-0.15, -0.1) is 0 Å². The van der Waals surface area contributed by atoms with Crippen LogP contribution >= 0.6 is 0 Å². The number of ether oxygens (including phenoxy) is 2. The molecule has 0 unspecified atom stereocenters. The number of piperidine rings is 1. The number of carbonyl (C=O) groups is 4. The molecule has 2 aliphatic rings. The van der Waals surface area contributed by atoms with Crippen LogP contribution in [0.15, 0.2) is 48.6 Å². The number of imidazole rings is 2. The van der Waals surface area contributed by atoms with E-state index >= 15 is 0 Å². The molecule has 0 aliphatic carbocycles. The number of nitrogens with zero attached hydrogens (tertiary/aromatic N) is 10. The van der Waals surface area contributed by atoms with E-state index in [1.807, 2.05) is 26.0 Å². The van der Waals surface area contributed by atoms with Crippen molar-refractivity contribution in [3.05, 3.63) is 82.5 Å². The minimum atomic E-state index is -3.49. The molecule has 2 aromatic carbocycles. The lowest BCUT2D eigenvalue weighted by Crippen LogP contribution is -2.46. The summed E-state index contributed by atoms with van der Waals surface area (Å²) in [4.78, 5) is 62.1. The molecule has 0 spiro atoms. The maximum Gasteiger partial charge on any atom is 0.281 e. The van der Waals surface area contributed by atoms with E-state index in [1.165, 1.54) is 31.4 Å². The number of anilines is 2. The molecule has 0 saturated carbocycles. The van der Waals surface area contributed by atoms with Crippen LogP contribution in [0.2, 0.25) is 0 Å². The molecular weight excluding hydrogens is 921 g/mol. The highest BCUT2D eigenvalue weighted by Gasteiger charge is 2.34. The maximum atomic E-state index is 13.9. The van der Waals surface area contributed by atoms with Gasteiger partial charge in [0.25, 0.3) is 22.0 Å². The number of allylic oxidation sites excluding steroid dienone is 2. The van der Waals surface area contributed by atoms with Gasteiger partial charge in [-0.3, -0.25) is 39.2 Å². The highest BCUT2D eigenvalue weighted by molar-refractivity contribution is 7.86. The van der Waals surface area contributed by atoms with E-state index in [0.717, 1.165) is 12.8 Å². The van der Waals surface area contributed by atoms with Gasteiger partial charge in [0.1, 0.15) is 40.5 Å². The van der Waals surface area contributed by atoms with Crippen molar-refractivity contribution in [2.24, 2.45) is 17.4 Å². The Balaban J connectivity index is 1.11. The molecule has 4 aromatic heterocycles. The average molecular weight is 977 g/mol. The second kappa shape index (κ2) is 20.6. The number of amides is 4. The number of aromatic nitrogens is 8. The normalized spacial score (nSPS) is 14.9. The van der Waals surface area contributed by atoms with Crippen LogP contribution < -0.4 is 31.6 Å². The van der Waals surface area contributed by atoms with E-state index in [4.69, 9.17) is 30.9 Å². The minimum Gasteiger partial charge on any atom is -0.494 e. The number of hydrogen-bond acceptors (Lipinski definition) is 12. The van der Waals surface area contributed by atoms with Crippen molar-refractivity contribution in [1.82, 2.24) is 47.3 Å². The molecule has 70 heavy (non-hydrogen) atoms. The topological polar surface area (TPSA) is 275 Å². The largest absolute Gasteiger partial charge is 0.494 e. The molecule has 4 amide bonds. The fourth-order valence-corrected chi connectivity index (χ4v) is 10.5. The predicted molar refractivity (Wildman–Crippen MR) is 261 cm³/mol. The molecule has 2 saturated heterocycles. The van der Waals surface area contributed by atoms with E-state index in [2.05, 4.69) is 32.7 Å². The fraction of sp³-hybridized carbons (Fsp3) is 0.404. The number of nitrogens with two attached hydrogens (primary N) is 2. The van der Waals surface area contributed by atoms with Crippen molar-refractivity contribution in [1.29, 1.82) is 0 Å². The molecule has 2 aliphatic heterocycles. The summed E-state index contributed by atoms with van der Waals surface area (Å²) in [6, 6.07) is 9.39. The van der Waals surface area contributed by atoms with Crippen molar-refractivity contribution < 1.29 is 37.1 Å². The van der Waals surface area contributed by atoms with E-state index in [0.29, 0.717) is 103 Å². The Morgan fingerprint density at radius 1 is 0.729 bits per heavy atom. The lowest BCUT2D eigenvalue weighted by molar-refractivity contribution is 0.0991. The molecule has 6 heterocycles. The number of rotatable bonds is 17. The zero-order chi connectivity index (χ0) is 49.9. The van der Waals surface area contributed by atoms with Crippen LogP contribution in [0.5, 0.6) is 11.5 Å². The molecule has 6 aromatic rings. The summed E-state index contributed by atoms with van der Waals surface area (Å²) in [6.07, 6.45) is 6.52. The Morgan fingerprint density at radius 2 is 1.20 bits per heavy atom. The summed E-state index contributed by atoms with van der Waals surface area (Å²) < 4.78 is 47.9. The Labute approximate surface area is 404 Å². The molecule has 0 atom stereocenters. The number of nitrogens with one attached hydrogen (secondary N) is 2. The summed E-state index contributed by atoms with van der Waals surface area (Å²) in [7, 11) is -2.04. The first-order chi connectivity index (χ1) is 33.6. The van der Waals surface area contributed by atoms with Gasteiger partial charge in [-0.2, -0.15) is 27.2 Å². The second-order valence-corrected chi connectivity index (χ2v) is 18.9. The van der Waals surface area contributed by atoms with Crippen LogP contribution in [0.3, 0.4) is 0 Å². The zero-order valence-electron chi connectivity index (χ0n) is 39.7. The van der Waals surface area contributed by atoms with Crippen molar-refractivity contribution in [3.63, 3.8) is 0 Å². The maximum absolute atomic E-state index is 13.9. The molecule has 23 heteroatoms. The Morgan fingerprint density at radius 3 is 1.67 bits per heavy atom. The first kappa shape index (κ1) is 48.9. The second-order valence-electron chi connectivity index (χ2n) is 17.0. The Bertz CT molecular complexity index is 3210. The SMILES string of the molecule is CCn1nc(C)cc1C(=O)Nc1nc2cc(C(N)=O)cc(OC)c2n1CC=CCn1c(NC(=O)c2cc(C)nn2CC)nc2cc(C(N)=O)cc(OCC#CC3CCN(S(=O)(=O)N4CCCC4)CC3)c21. The van der Waals surface area contributed by atoms with Gasteiger partial charge < -0.3 is 30.1 Å². The number of hydrogen-bond donors (Lipinski definition) is 4. The van der Waals surface area contributed by atoms with Crippen LogP contribution in [0.4, 0.5) is 11.9 Å². The van der Waals surface area contributed by atoms with Crippen LogP contribution in [-0.2, 0) is 36.4 Å². The number of methoxy groups -OCH3 is 1. The standard InChI is InChI=1S/C47H56N14O8S/c1-6-60-36(23-29(3)54-60)44(64)52-46-50-34-25-32(42(48)62)27-38(68-5)40(34)58(46)18-10-11-19-59-41-35(51-47(59)53-45(65)37-24-30(4)55-61(37)7-2)26-33(43(49)63)28-39(41)69-22-12-13-31-14-20-57(21-15-31)70(66,67)56-16-8-9-17-56/h10-11,23-28,31H,6-9,14-22H2,1-5H3,(H2,48,62)(H2,49,63)(H,50,52,64)(H,51,53,65). The van der Waals surface area contributed by atoms with Gasteiger partial charge in [0.15, 0.2) is 0 Å². The molecule has 0 radical (unpaired) electrons. The van der Waals surface area contributed by atoms with Crippen molar-refractivity contribution in [2.45, 2.75) is 79.6 Å². The molecule has 0 bridgehead atoms. The van der Waals surface area contributed by atoms with Gasteiger partial charge in [0, 0.05) is 69.4 Å². The fourth-order valence-electron chi connectivity index (χ4n) is 8.80. The van der Waals surface area contributed by atoms with Crippen LogP contribution in [0.1, 0.15) is 92.6 Å². The van der Waals surface area contributed by atoms with E-state index in [1.54, 1.807) is 53.1 Å². The molecule has 8 rings (SSSR count). The third-order valence-corrected chi connectivity index (χ3v) is 14.3. The van der Waals surface area contributed by atoms with Crippen molar-refractivity contribution in [2.75, 3.05) is 50.5 Å². The summed E-state index contributed by atoms with van der Waals surface area (Å²) in [5.41, 5.74) is 15.2. The quantitative estimate of drug-likeness (QED) is 0.0750. The summed E-state index contributed by atoms with van der Waals surface area (Å²) >= 11 is 0. The molecular formula is C47H56N14O8S. The lowest BCUT2D eigenvalue weighted by Gasteiger charge is -2.32. The van der Waals surface area contributed by atoms with Gasteiger partial charge >= 0.3 is 0 Å². The first-order valence-corrected chi connectivity index (χ1v) is 24.4. The zero-order valence-corrected chi connectivity index (χ0v) is 40.5. The predicted octanol–water partition coefficient (Wildman–Crippen LogP) is 3.84. The van der Waals surface area contributed by atoms with Crippen molar-refractivity contribution >= 4 is 67.8 Å². The van der Waals surface area contributed by atoms with Crippen LogP contribution in [0, 0.1) is 31.6 Å². The molecule has 368 valence electrons. The van der Waals surface area contributed by atoms with Gasteiger partial charge in [-0.25, -0.2) is 9.97 Å². The van der Waals surface area contributed by atoms with Gasteiger partial charge in [0.05, 0.1) is 29.5 Å². The van der Waals surface area contributed by atoms with E-state index in [9.17, 15) is 27.6 Å². The molecule has 2 fully saturated rings. The number of primary amides is 2. The molecule has 22 nitrogen and oxygen atoms in total.